The van der Waals surface area contributed by atoms with E-state index < -0.39 is 7.12 Å². The van der Waals surface area contributed by atoms with Gasteiger partial charge in [-0.2, -0.15) is 0 Å². The van der Waals surface area contributed by atoms with Crippen LogP contribution in [0, 0.1) is 0 Å². The van der Waals surface area contributed by atoms with Gasteiger partial charge in [-0.3, -0.25) is 0 Å². The second kappa shape index (κ2) is 5.73. The minimum atomic E-state index is -1.50. The Morgan fingerprint density at radius 2 is 1.27 bits per heavy atom. The zero-order valence-corrected chi connectivity index (χ0v) is 13.9. The third kappa shape index (κ3) is 2.17. The smallest absolute Gasteiger partial charge is 0.455 e. The lowest BCUT2D eigenvalue weighted by molar-refractivity contribution is 0.426. The van der Waals surface area contributed by atoms with Gasteiger partial charge in [0.2, 0.25) is 0 Å². The van der Waals surface area contributed by atoms with Gasteiger partial charge in [0.25, 0.3) is 0 Å². The zero-order valence-electron chi connectivity index (χ0n) is 13.9. The summed E-state index contributed by atoms with van der Waals surface area (Å²) in [7, 11) is -1.50. The highest BCUT2D eigenvalue weighted by Crippen LogP contribution is 2.37. The van der Waals surface area contributed by atoms with Crippen molar-refractivity contribution in [1.82, 2.24) is 0 Å². The van der Waals surface area contributed by atoms with Crippen LogP contribution < -0.4 is 5.46 Å². The van der Waals surface area contributed by atoms with Gasteiger partial charge in [-0.05, 0) is 27.9 Å². The molecule has 1 aromatic heterocycles. The van der Waals surface area contributed by atoms with Crippen molar-refractivity contribution in [3.63, 3.8) is 0 Å². The molecular formula is C22H15BO3. The summed E-state index contributed by atoms with van der Waals surface area (Å²) in [4.78, 5) is 0. The van der Waals surface area contributed by atoms with E-state index >= 15 is 0 Å². The number of rotatable bonds is 2. The first kappa shape index (κ1) is 15.2. The van der Waals surface area contributed by atoms with Gasteiger partial charge in [0.15, 0.2) is 0 Å². The van der Waals surface area contributed by atoms with E-state index in [1.807, 2.05) is 60.7 Å². The lowest BCUT2D eigenvalue weighted by Gasteiger charge is -2.11. The topological polar surface area (TPSA) is 53.6 Å². The molecule has 0 aliphatic carbocycles. The fraction of sp³-hybridized carbons (Fsp3) is 0. The van der Waals surface area contributed by atoms with E-state index in [0.717, 1.165) is 43.8 Å². The lowest BCUT2D eigenvalue weighted by Crippen LogP contribution is -2.30. The van der Waals surface area contributed by atoms with Crippen molar-refractivity contribution < 1.29 is 14.5 Å². The molecule has 0 bridgehead atoms. The standard InChI is InChI=1S/C22H15BO3/c24-23(25)20-13-12-15(14-6-1-2-7-16(14)20)18-9-5-10-19-17-8-3-4-11-21(17)26-22(18)19/h1-13,24-25H. The van der Waals surface area contributed by atoms with Gasteiger partial charge in [0.05, 0.1) is 0 Å². The Bertz CT molecular complexity index is 1270. The number of hydrogen-bond acceptors (Lipinski definition) is 3. The van der Waals surface area contributed by atoms with E-state index in [1.165, 1.54) is 0 Å². The maximum Gasteiger partial charge on any atom is 0.489 e. The molecule has 3 nitrogen and oxygen atoms in total. The zero-order chi connectivity index (χ0) is 17.7. The molecule has 0 saturated heterocycles. The van der Waals surface area contributed by atoms with Crippen molar-refractivity contribution in [2.24, 2.45) is 0 Å². The SMILES string of the molecule is OB(O)c1ccc(-c2cccc3c2oc2ccccc23)c2ccccc12. The van der Waals surface area contributed by atoms with Crippen LogP contribution in [0.2, 0.25) is 0 Å². The molecule has 5 aromatic rings. The van der Waals surface area contributed by atoms with Crippen molar-refractivity contribution in [1.29, 1.82) is 0 Å². The quantitative estimate of drug-likeness (QED) is 0.477. The van der Waals surface area contributed by atoms with Crippen LogP contribution in [-0.4, -0.2) is 17.2 Å². The minimum Gasteiger partial charge on any atom is -0.455 e. The monoisotopic (exact) mass is 338 g/mol. The summed E-state index contributed by atoms with van der Waals surface area (Å²) in [5.41, 5.74) is 4.21. The maximum absolute atomic E-state index is 9.69. The minimum absolute atomic E-state index is 0.501. The van der Waals surface area contributed by atoms with E-state index in [-0.39, 0.29) is 0 Å². The lowest BCUT2D eigenvalue weighted by atomic mass is 9.76. The van der Waals surface area contributed by atoms with Gasteiger partial charge in [-0.1, -0.05) is 72.8 Å². The molecule has 0 amide bonds. The summed E-state index contributed by atoms with van der Waals surface area (Å²) in [5.74, 6) is 0. The molecule has 5 rings (SSSR count). The Kier molecular flexibility index (Phi) is 3.35. The Hall–Kier alpha value is -3.08. The molecular weight excluding hydrogens is 323 g/mol. The van der Waals surface area contributed by atoms with Crippen LogP contribution in [0.15, 0.2) is 83.3 Å². The van der Waals surface area contributed by atoms with E-state index in [0.29, 0.717) is 5.46 Å². The average Bonchev–Trinajstić information content (AvgIpc) is 3.06. The third-order valence-electron chi connectivity index (χ3n) is 4.93. The second-order valence-corrected chi connectivity index (χ2v) is 6.40. The van der Waals surface area contributed by atoms with Gasteiger partial charge in [-0.25, -0.2) is 0 Å². The van der Waals surface area contributed by atoms with Crippen molar-refractivity contribution >= 4 is 45.3 Å². The van der Waals surface area contributed by atoms with Crippen LogP contribution in [0.25, 0.3) is 43.8 Å². The highest BCUT2D eigenvalue weighted by molar-refractivity contribution is 6.62. The number of benzene rings is 4. The van der Waals surface area contributed by atoms with E-state index in [2.05, 4.69) is 12.1 Å². The normalized spacial score (nSPS) is 11.5. The molecule has 4 aromatic carbocycles. The van der Waals surface area contributed by atoms with Crippen molar-refractivity contribution in [2.45, 2.75) is 0 Å². The summed E-state index contributed by atoms with van der Waals surface area (Å²) in [6, 6.07) is 25.6. The maximum atomic E-state index is 9.69. The van der Waals surface area contributed by atoms with Crippen molar-refractivity contribution in [3.8, 4) is 11.1 Å². The highest BCUT2D eigenvalue weighted by atomic mass is 16.4. The number of para-hydroxylation sites is 2. The van der Waals surface area contributed by atoms with E-state index in [9.17, 15) is 10.0 Å². The van der Waals surface area contributed by atoms with E-state index in [1.54, 1.807) is 6.07 Å². The fourth-order valence-corrected chi connectivity index (χ4v) is 3.74. The van der Waals surface area contributed by atoms with Crippen LogP contribution in [0.5, 0.6) is 0 Å². The molecule has 0 saturated carbocycles. The molecule has 0 aliphatic rings. The number of fused-ring (bicyclic) bond motifs is 4. The largest absolute Gasteiger partial charge is 0.489 e. The van der Waals surface area contributed by atoms with Crippen LogP contribution in [0.1, 0.15) is 0 Å². The molecule has 124 valence electrons. The van der Waals surface area contributed by atoms with Crippen LogP contribution in [-0.2, 0) is 0 Å². The predicted molar refractivity (Wildman–Crippen MR) is 106 cm³/mol. The van der Waals surface area contributed by atoms with Crippen LogP contribution >= 0.6 is 0 Å². The summed E-state index contributed by atoms with van der Waals surface area (Å²) < 4.78 is 6.17. The van der Waals surface area contributed by atoms with Gasteiger partial charge in [-0.15, -0.1) is 0 Å². The van der Waals surface area contributed by atoms with Gasteiger partial charge >= 0.3 is 7.12 Å². The molecule has 2 N–H and O–H groups in total. The number of hydrogen-bond donors (Lipinski definition) is 2. The van der Waals surface area contributed by atoms with Crippen molar-refractivity contribution in [2.75, 3.05) is 0 Å². The van der Waals surface area contributed by atoms with E-state index in [4.69, 9.17) is 4.42 Å². The summed E-state index contributed by atoms with van der Waals surface area (Å²) >= 11 is 0. The Balaban J connectivity index is 1.88. The molecule has 0 unspecified atom stereocenters. The number of furan rings is 1. The molecule has 0 atom stereocenters. The second-order valence-electron chi connectivity index (χ2n) is 6.40. The summed E-state index contributed by atoms with van der Waals surface area (Å²) in [6.45, 7) is 0. The molecule has 0 spiro atoms. The van der Waals surface area contributed by atoms with Crippen LogP contribution in [0.3, 0.4) is 0 Å². The Morgan fingerprint density at radius 3 is 2.08 bits per heavy atom. The first-order valence-corrected chi connectivity index (χ1v) is 8.52. The molecule has 1 heterocycles. The van der Waals surface area contributed by atoms with Gasteiger partial charge in [0, 0.05) is 16.3 Å². The van der Waals surface area contributed by atoms with Crippen molar-refractivity contribution in [3.05, 3.63) is 78.9 Å². The van der Waals surface area contributed by atoms with Crippen LogP contribution in [0.4, 0.5) is 0 Å². The summed E-state index contributed by atoms with van der Waals surface area (Å²) in [5, 5.41) is 23.3. The Morgan fingerprint density at radius 1 is 0.577 bits per heavy atom. The molecule has 0 fully saturated rings. The van der Waals surface area contributed by atoms with Gasteiger partial charge in [0.1, 0.15) is 11.2 Å². The first-order valence-electron chi connectivity index (χ1n) is 8.52. The van der Waals surface area contributed by atoms with Gasteiger partial charge < -0.3 is 14.5 Å². The Labute approximate surface area is 150 Å². The fourth-order valence-electron chi connectivity index (χ4n) is 3.74. The third-order valence-corrected chi connectivity index (χ3v) is 4.93. The molecule has 4 heteroatoms. The first-order chi connectivity index (χ1) is 12.7. The predicted octanol–water partition coefficient (Wildman–Crippen LogP) is 4.09. The average molecular weight is 338 g/mol. The highest BCUT2D eigenvalue weighted by Gasteiger charge is 2.18. The summed E-state index contributed by atoms with van der Waals surface area (Å²) in [6.07, 6.45) is 0. The molecule has 0 radical (unpaired) electrons. The molecule has 26 heavy (non-hydrogen) atoms. The molecule has 0 aliphatic heterocycles.